The van der Waals surface area contributed by atoms with Gasteiger partial charge in [0, 0.05) is 47.7 Å². The predicted molar refractivity (Wildman–Crippen MR) is 144 cm³/mol. The van der Waals surface area contributed by atoms with Crippen LogP contribution in [0.3, 0.4) is 0 Å². The number of rotatable bonds is 17. The Morgan fingerprint density at radius 2 is 1.19 bits per heavy atom. The summed E-state index contributed by atoms with van der Waals surface area (Å²) in [4.78, 5) is 2.09. The first-order valence-corrected chi connectivity index (χ1v) is 15.0. The summed E-state index contributed by atoms with van der Waals surface area (Å²) in [5.41, 5.74) is 3.61. The number of aliphatic hydroxyl groups is 2. The van der Waals surface area contributed by atoms with E-state index in [-0.39, 0.29) is 13.2 Å². The molecule has 0 saturated heterocycles. The Morgan fingerprint density at radius 3 is 1.58 bits per heavy atom. The highest BCUT2D eigenvalue weighted by atomic mass is 31.2. The lowest BCUT2D eigenvalue weighted by atomic mass is 9.99. The fourth-order valence-corrected chi connectivity index (χ4v) is 5.75. The van der Waals surface area contributed by atoms with Crippen molar-refractivity contribution in [2.45, 2.75) is 38.4 Å². The van der Waals surface area contributed by atoms with Gasteiger partial charge in [0.25, 0.3) is 0 Å². The third-order valence-corrected chi connectivity index (χ3v) is 9.75. The second kappa shape index (κ2) is 15.3. The zero-order valence-electron chi connectivity index (χ0n) is 22.1. The van der Waals surface area contributed by atoms with Crippen LogP contribution in [0.15, 0.2) is 48.5 Å². The van der Waals surface area contributed by atoms with Crippen LogP contribution in [0, 0.1) is 0 Å². The minimum absolute atomic E-state index is 0.166. The summed E-state index contributed by atoms with van der Waals surface area (Å²) in [6.45, 7) is 2.66. The summed E-state index contributed by atoms with van der Waals surface area (Å²) < 4.78 is 33.0. The molecule has 0 fully saturated rings. The molecule has 8 nitrogen and oxygen atoms in total. The Hall–Kier alpha value is -1.18. The van der Waals surface area contributed by atoms with Crippen LogP contribution in [0.25, 0.3) is 0 Å². The SMILES string of the molecule is COP(CCc1ccc(CN(Cc2ccc(CCP(=O)(OC)OC)cc2)C(C)(CO)CO)cc1)OC. The van der Waals surface area contributed by atoms with Gasteiger partial charge in [-0.05, 0) is 42.0 Å². The molecule has 202 valence electrons. The lowest BCUT2D eigenvalue weighted by molar-refractivity contribution is -0.0114. The first-order valence-electron chi connectivity index (χ1n) is 11.9. The van der Waals surface area contributed by atoms with Crippen molar-refractivity contribution in [3.63, 3.8) is 0 Å². The Bertz CT molecular complexity index is 924. The fourth-order valence-electron chi connectivity index (χ4n) is 3.75. The van der Waals surface area contributed by atoms with E-state index in [0.29, 0.717) is 25.7 Å². The Morgan fingerprint density at radius 1 is 0.778 bits per heavy atom. The quantitative estimate of drug-likeness (QED) is 0.281. The molecule has 36 heavy (non-hydrogen) atoms. The Labute approximate surface area is 217 Å². The number of hydrogen-bond acceptors (Lipinski definition) is 8. The first kappa shape index (κ1) is 31.0. The van der Waals surface area contributed by atoms with Crippen molar-refractivity contribution in [2.75, 3.05) is 54.0 Å². The van der Waals surface area contributed by atoms with Crippen LogP contribution < -0.4 is 0 Å². The van der Waals surface area contributed by atoms with E-state index < -0.39 is 21.5 Å². The third-order valence-electron chi connectivity index (χ3n) is 6.46. The second-order valence-electron chi connectivity index (χ2n) is 8.92. The monoisotopic (exact) mass is 541 g/mol. The average molecular weight is 542 g/mol. The van der Waals surface area contributed by atoms with E-state index in [4.69, 9.17) is 18.1 Å². The second-order valence-corrected chi connectivity index (χ2v) is 13.2. The highest BCUT2D eigenvalue weighted by Crippen LogP contribution is 2.46. The van der Waals surface area contributed by atoms with Crippen LogP contribution in [-0.4, -0.2) is 74.6 Å². The normalized spacial score (nSPS) is 12.6. The number of aliphatic hydroxyl groups excluding tert-OH is 2. The van der Waals surface area contributed by atoms with Crippen LogP contribution in [0.4, 0.5) is 0 Å². The Kier molecular flexibility index (Phi) is 13.2. The molecule has 0 radical (unpaired) electrons. The maximum atomic E-state index is 12.3. The smallest absolute Gasteiger partial charge is 0.330 e. The molecule has 0 heterocycles. The van der Waals surface area contributed by atoms with Gasteiger partial charge in [-0.2, -0.15) is 0 Å². The molecule has 2 rings (SSSR count). The highest BCUT2D eigenvalue weighted by Gasteiger charge is 2.31. The van der Waals surface area contributed by atoms with E-state index in [2.05, 4.69) is 29.2 Å². The molecule has 10 heteroatoms. The molecular formula is C26H41NO7P2. The van der Waals surface area contributed by atoms with Crippen molar-refractivity contribution >= 4 is 16.0 Å². The zero-order chi connectivity index (χ0) is 26.6. The molecule has 0 saturated carbocycles. The van der Waals surface area contributed by atoms with Crippen molar-refractivity contribution in [2.24, 2.45) is 0 Å². The van der Waals surface area contributed by atoms with Gasteiger partial charge in [-0.15, -0.1) is 0 Å². The van der Waals surface area contributed by atoms with Gasteiger partial charge in [-0.1, -0.05) is 48.5 Å². The summed E-state index contributed by atoms with van der Waals surface area (Å²) in [6, 6.07) is 16.4. The van der Waals surface area contributed by atoms with Gasteiger partial charge in [-0.3, -0.25) is 9.46 Å². The molecule has 0 amide bonds. The third kappa shape index (κ3) is 9.29. The van der Waals surface area contributed by atoms with Crippen molar-refractivity contribution in [3.8, 4) is 0 Å². The lowest BCUT2D eigenvalue weighted by Crippen LogP contribution is -2.51. The van der Waals surface area contributed by atoms with Gasteiger partial charge in [0.1, 0.15) is 0 Å². The predicted octanol–water partition coefficient (Wildman–Crippen LogP) is 4.61. The van der Waals surface area contributed by atoms with E-state index in [1.165, 1.54) is 19.8 Å². The molecule has 0 atom stereocenters. The van der Waals surface area contributed by atoms with Gasteiger partial charge >= 0.3 is 7.60 Å². The first-order chi connectivity index (χ1) is 17.2. The van der Waals surface area contributed by atoms with E-state index >= 15 is 0 Å². The van der Waals surface area contributed by atoms with Gasteiger partial charge < -0.3 is 28.3 Å². The largest absolute Gasteiger partial charge is 0.394 e. The molecule has 2 aromatic carbocycles. The summed E-state index contributed by atoms with van der Waals surface area (Å²) in [5.74, 6) is 0. The summed E-state index contributed by atoms with van der Waals surface area (Å²) in [6.07, 6.45) is 2.61. The zero-order valence-corrected chi connectivity index (χ0v) is 23.8. The molecule has 0 aliphatic rings. The van der Waals surface area contributed by atoms with Gasteiger partial charge in [-0.25, -0.2) is 0 Å². The maximum absolute atomic E-state index is 12.3. The highest BCUT2D eigenvalue weighted by molar-refractivity contribution is 7.53. The van der Waals surface area contributed by atoms with E-state index in [1.807, 2.05) is 31.2 Å². The minimum atomic E-state index is -3.04. The summed E-state index contributed by atoms with van der Waals surface area (Å²) in [7, 11) is 2.23. The molecular weight excluding hydrogens is 500 g/mol. The fraction of sp³-hybridized carbons (Fsp3) is 0.538. The standard InChI is InChI=1S/C26H41NO7P2/c1-26(20-28,21-29)27(18-24-10-6-22(7-11-24)14-16-35(31-2)32-3)19-25-12-8-23(9-13-25)15-17-36(30,33-4)34-5/h6-13,28-29H,14-21H2,1-5H3. The molecule has 2 N–H and O–H groups in total. The van der Waals surface area contributed by atoms with Crippen LogP contribution >= 0.6 is 16.0 Å². The van der Waals surface area contributed by atoms with Crippen molar-refractivity contribution in [3.05, 3.63) is 70.8 Å². The van der Waals surface area contributed by atoms with Crippen molar-refractivity contribution in [1.29, 1.82) is 0 Å². The number of hydrogen-bond donors (Lipinski definition) is 2. The molecule has 0 bridgehead atoms. The molecule has 0 aromatic heterocycles. The van der Waals surface area contributed by atoms with Crippen LogP contribution in [0.5, 0.6) is 0 Å². The lowest BCUT2D eigenvalue weighted by Gasteiger charge is -2.39. The van der Waals surface area contributed by atoms with Crippen LogP contribution in [0.2, 0.25) is 0 Å². The topological polar surface area (TPSA) is 97.7 Å². The number of nitrogens with zero attached hydrogens (tertiary/aromatic N) is 1. The maximum Gasteiger partial charge on any atom is 0.330 e. The minimum Gasteiger partial charge on any atom is -0.394 e. The molecule has 0 unspecified atom stereocenters. The van der Waals surface area contributed by atoms with Crippen molar-refractivity contribution < 1.29 is 32.9 Å². The average Bonchev–Trinajstić information content (AvgIpc) is 2.93. The van der Waals surface area contributed by atoms with Crippen LogP contribution in [0.1, 0.15) is 29.2 Å². The van der Waals surface area contributed by atoms with E-state index in [0.717, 1.165) is 29.3 Å². The molecule has 0 aliphatic heterocycles. The Balaban J connectivity index is 2.09. The summed E-state index contributed by atoms with van der Waals surface area (Å²) in [5, 5.41) is 20.2. The number of benzene rings is 2. The van der Waals surface area contributed by atoms with E-state index in [9.17, 15) is 14.8 Å². The molecule has 0 aliphatic carbocycles. The van der Waals surface area contributed by atoms with E-state index in [1.54, 1.807) is 14.2 Å². The number of aryl methyl sites for hydroxylation is 2. The molecule has 0 spiro atoms. The molecule has 2 aromatic rings. The van der Waals surface area contributed by atoms with Gasteiger partial charge in [0.2, 0.25) is 0 Å². The van der Waals surface area contributed by atoms with Crippen molar-refractivity contribution in [1.82, 2.24) is 4.90 Å². The van der Waals surface area contributed by atoms with Crippen LogP contribution in [-0.2, 0) is 48.6 Å². The van der Waals surface area contributed by atoms with Gasteiger partial charge in [0.15, 0.2) is 8.38 Å². The van der Waals surface area contributed by atoms with Gasteiger partial charge in [0.05, 0.1) is 24.9 Å². The summed E-state index contributed by atoms with van der Waals surface area (Å²) >= 11 is 0.